The lowest BCUT2D eigenvalue weighted by Crippen LogP contribution is -2.39. The topological polar surface area (TPSA) is 20.3 Å². The van der Waals surface area contributed by atoms with E-state index in [0.717, 1.165) is 17.8 Å². The molecule has 1 aliphatic rings. The van der Waals surface area contributed by atoms with Crippen molar-refractivity contribution in [2.24, 2.45) is 5.92 Å². The van der Waals surface area contributed by atoms with Gasteiger partial charge in [-0.3, -0.25) is 4.79 Å². The minimum atomic E-state index is 0.220. The van der Waals surface area contributed by atoms with E-state index in [4.69, 9.17) is 11.6 Å². The number of hydrogen-bond acceptors (Lipinski definition) is 2. The van der Waals surface area contributed by atoms with Gasteiger partial charge in [0, 0.05) is 23.3 Å². The Labute approximate surface area is 105 Å². The molecule has 2 nitrogen and oxygen atoms in total. The zero-order chi connectivity index (χ0) is 11.5. The molecule has 0 N–H and O–H groups in total. The van der Waals surface area contributed by atoms with E-state index in [2.05, 4.69) is 6.92 Å². The number of carbonyl (C=O) groups is 1. The van der Waals surface area contributed by atoms with E-state index in [0.29, 0.717) is 18.2 Å². The molecule has 0 saturated carbocycles. The molecule has 16 heavy (non-hydrogen) atoms. The largest absolute Gasteiger partial charge is 0.338 e. The van der Waals surface area contributed by atoms with Crippen LogP contribution >= 0.6 is 22.9 Å². The average molecular weight is 258 g/mol. The van der Waals surface area contributed by atoms with Gasteiger partial charge in [-0.15, -0.1) is 22.9 Å². The van der Waals surface area contributed by atoms with Gasteiger partial charge in [0.05, 0.1) is 6.42 Å². The minimum Gasteiger partial charge on any atom is -0.338 e. The highest BCUT2D eigenvalue weighted by Gasteiger charge is 2.33. The maximum absolute atomic E-state index is 12.1. The van der Waals surface area contributed by atoms with Crippen LogP contribution in [0.2, 0.25) is 0 Å². The van der Waals surface area contributed by atoms with Gasteiger partial charge >= 0.3 is 0 Å². The van der Waals surface area contributed by atoms with E-state index in [-0.39, 0.29) is 11.9 Å². The molecule has 0 aromatic carbocycles. The third-order valence-corrected chi connectivity index (χ3v) is 4.46. The number of alkyl halides is 1. The van der Waals surface area contributed by atoms with Gasteiger partial charge < -0.3 is 4.90 Å². The summed E-state index contributed by atoms with van der Waals surface area (Å²) in [6.45, 7) is 3.04. The number of nitrogens with zero attached hydrogens (tertiary/aromatic N) is 1. The fourth-order valence-electron chi connectivity index (χ4n) is 2.22. The Bertz CT molecular complexity index is 352. The normalized spacial score (nSPS) is 25.0. The minimum absolute atomic E-state index is 0.220. The van der Waals surface area contributed by atoms with Crippen molar-refractivity contribution >= 4 is 28.8 Å². The standard InChI is InChI=1S/C12H16ClNOS/c1-9-4-5-14(11(9)8-13)12(15)7-10-3-2-6-16-10/h2-3,6,9,11H,4-5,7-8H2,1H3. The van der Waals surface area contributed by atoms with Crippen LogP contribution in [0.4, 0.5) is 0 Å². The molecule has 88 valence electrons. The van der Waals surface area contributed by atoms with E-state index >= 15 is 0 Å². The molecule has 2 atom stereocenters. The smallest absolute Gasteiger partial charge is 0.228 e. The van der Waals surface area contributed by atoms with Crippen LogP contribution in [-0.4, -0.2) is 29.3 Å². The summed E-state index contributed by atoms with van der Waals surface area (Å²) in [6.07, 6.45) is 1.60. The summed E-state index contributed by atoms with van der Waals surface area (Å²) in [7, 11) is 0. The molecular weight excluding hydrogens is 242 g/mol. The maximum Gasteiger partial charge on any atom is 0.228 e. The van der Waals surface area contributed by atoms with Gasteiger partial charge in [-0.05, 0) is 23.8 Å². The molecule has 0 bridgehead atoms. The summed E-state index contributed by atoms with van der Waals surface area (Å²) in [4.78, 5) is 15.2. The summed E-state index contributed by atoms with van der Waals surface area (Å²) in [6, 6.07) is 4.23. The molecule has 1 aromatic heterocycles. The highest BCUT2D eigenvalue weighted by Crippen LogP contribution is 2.26. The molecule has 0 radical (unpaired) electrons. The highest BCUT2D eigenvalue weighted by molar-refractivity contribution is 7.10. The molecule has 2 rings (SSSR count). The Morgan fingerprint density at radius 3 is 3.12 bits per heavy atom. The Morgan fingerprint density at radius 1 is 1.69 bits per heavy atom. The molecule has 1 amide bonds. The molecular formula is C12H16ClNOS. The lowest BCUT2D eigenvalue weighted by molar-refractivity contribution is -0.131. The van der Waals surface area contributed by atoms with Crippen molar-refractivity contribution in [1.82, 2.24) is 4.90 Å². The van der Waals surface area contributed by atoms with Crippen LogP contribution in [0, 0.1) is 5.92 Å². The Morgan fingerprint density at radius 2 is 2.50 bits per heavy atom. The van der Waals surface area contributed by atoms with Crippen molar-refractivity contribution in [3.05, 3.63) is 22.4 Å². The van der Waals surface area contributed by atoms with Gasteiger partial charge in [-0.25, -0.2) is 0 Å². The molecule has 0 aliphatic carbocycles. The van der Waals surface area contributed by atoms with Crippen LogP contribution in [0.3, 0.4) is 0 Å². The first kappa shape index (κ1) is 11.9. The molecule has 1 aliphatic heterocycles. The summed E-state index contributed by atoms with van der Waals surface area (Å²) in [5.74, 6) is 1.30. The van der Waals surface area contributed by atoms with E-state index in [1.807, 2.05) is 22.4 Å². The van der Waals surface area contributed by atoms with Crippen LogP contribution in [0.5, 0.6) is 0 Å². The third kappa shape index (κ3) is 2.41. The number of likely N-dealkylation sites (tertiary alicyclic amines) is 1. The van der Waals surface area contributed by atoms with Crippen LogP contribution in [-0.2, 0) is 11.2 Å². The SMILES string of the molecule is CC1CCN(C(=O)Cc2cccs2)C1CCl. The quantitative estimate of drug-likeness (QED) is 0.763. The van der Waals surface area contributed by atoms with Gasteiger partial charge in [0.1, 0.15) is 0 Å². The highest BCUT2D eigenvalue weighted by atomic mass is 35.5. The maximum atomic E-state index is 12.1. The van der Waals surface area contributed by atoms with Crippen molar-refractivity contribution in [1.29, 1.82) is 0 Å². The van der Waals surface area contributed by atoms with Gasteiger partial charge in [0.25, 0.3) is 0 Å². The third-order valence-electron chi connectivity index (χ3n) is 3.27. The number of rotatable bonds is 3. The van der Waals surface area contributed by atoms with Crippen LogP contribution in [0.15, 0.2) is 17.5 Å². The van der Waals surface area contributed by atoms with Gasteiger partial charge in [0.15, 0.2) is 0 Å². The predicted molar refractivity (Wildman–Crippen MR) is 68.0 cm³/mol. The number of carbonyl (C=O) groups excluding carboxylic acids is 1. The van der Waals surface area contributed by atoms with Crippen molar-refractivity contribution in [3.8, 4) is 0 Å². The van der Waals surface area contributed by atoms with Gasteiger partial charge in [-0.1, -0.05) is 13.0 Å². The monoisotopic (exact) mass is 257 g/mol. The van der Waals surface area contributed by atoms with Crippen LogP contribution < -0.4 is 0 Å². The van der Waals surface area contributed by atoms with Gasteiger partial charge in [-0.2, -0.15) is 0 Å². The summed E-state index contributed by atoms with van der Waals surface area (Å²) in [5.41, 5.74) is 0. The van der Waals surface area contributed by atoms with Gasteiger partial charge in [0.2, 0.25) is 5.91 Å². The van der Waals surface area contributed by atoms with E-state index < -0.39 is 0 Å². The molecule has 2 heterocycles. The van der Waals surface area contributed by atoms with E-state index in [1.165, 1.54) is 0 Å². The first-order valence-corrected chi connectivity index (χ1v) is 7.01. The zero-order valence-electron chi connectivity index (χ0n) is 9.36. The van der Waals surface area contributed by atoms with Crippen molar-refractivity contribution in [3.63, 3.8) is 0 Å². The fourth-order valence-corrected chi connectivity index (χ4v) is 3.38. The van der Waals surface area contributed by atoms with Crippen molar-refractivity contribution in [2.75, 3.05) is 12.4 Å². The molecule has 1 fully saturated rings. The zero-order valence-corrected chi connectivity index (χ0v) is 10.9. The Balaban J connectivity index is 1.99. The number of thiophene rings is 1. The average Bonchev–Trinajstić information content (AvgIpc) is 2.87. The second-order valence-corrected chi connectivity index (χ2v) is 5.67. The number of halogens is 1. The Kier molecular flexibility index (Phi) is 3.87. The molecule has 2 unspecified atom stereocenters. The summed E-state index contributed by atoms with van der Waals surface area (Å²) < 4.78 is 0. The first-order valence-electron chi connectivity index (χ1n) is 5.60. The first-order chi connectivity index (χ1) is 7.72. The van der Waals surface area contributed by atoms with Crippen molar-refractivity contribution in [2.45, 2.75) is 25.8 Å². The second kappa shape index (κ2) is 5.19. The molecule has 0 spiro atoms. The Hall–Kier alpha value is -0.540. The summed E-state index contributed by atoms with van der Waals surface area (Å²) in [5, 5.41) is 2.01. The van der Waals surface area contributed by atoms with Crippen LogP contribution in [0.25, 0.3) is 0 Å². The lowest BCUT2D eigenvalue weighted by Gasteiger charge is -2.24. The second-order valence-electron chi connectivity index (χ2n) is 4.33. The fraction of sp³-hybridized carbons (Fsp3) is 0.583. The lowest BCUT2D eigenvalue weighted by atomic mass is 10.1. The molecule has 4 heteroatoms. The van der Waals surface area contributed by atoms with E-state index in [1.54, 1.807) is 11.3 Å². The summed E-state index contributed by atoms with van der Waals surface area (Å²) >= 11 is 7.57. The van der Waals surface area contributed by atoms with E-state index in [9.17, 15) is 4.79 Å². The number of amides is 1. The van der Waals surface area contributed by atoms with Crippen molar-refractivity contribution < 1.29 is 4.79 Å². The number of hydrogen-bond donors (Lipinski definition) is 0. The van der Waals surface area contributed by atoms with Crippen LogP contribution in [0.1, 0.15) is 18.2 Å². The molecule has 1 aromatic rings. The molecule has 1 saturated heterocycles. The predicted octanol–water partition coefficient (Wildman–Crippen LogP) is 2.77.